The fourth-order valence-electron chi connectivity index (χ4n) is 3.74. The van der Waals surface area contributed by atoms with Crippen LogP contribution in [0.3, 0.4) is 0 Å². The molecule has 0 spiro atoms. The first kappa shape index (κ1) is 20.9. The minimum atomic E-state index is -0.287. The van der Waals surface area contributed by atoms with Gasteiger partial charge in [-0.25, -0.2) is 4.98 Å². The fourth-order valence-corrected chi connectivity index (χ4v) is 4.70. The summed E-state index contributed by atoms with van der Waals surface area (Å²) in [6.07, 6.45) is 8.20. The highest BCUT2D eigenvalue weighted by molar-refractivity contribution is 8.00. The molecule has 1 N–H and O–H groups in total. The molecule has 1 fully saturated rings. The number of thioether (sulfide) groups is 1. The number of nitrogens with zero attached hydrogens (tertiary/aromatic N) is 2. The van der Waals surface area contributed by atoms with E-state index >= 15 is 0 Å². The maximum absolute atomic E-state index is 12.9. The maximum atomic E-state index is 12.9. The van der Waals surface area contributed by atoms with Gasteiger partial charge in [0.05, 0.1) is 16.2 Å². The van der Waals surface area contributed by atoms with Crippen LogP contribution in [0.4, 0.5) is 0 Å². The number of para-hydroxylation sites is 1. The Morgan fingerprint density at radius 3 is 2.79 bits per heavy atom. The Labute approximate surface area is 171 Å². The van der Waals surface area contributed by atoms with E-state index in [-0.39, 0.29) is 16.7 Å². The molecule has 1 aromatic heterocycles. The van der Waals surface area contributed by atoms with E-state index in [0.29, 0.717) is 28.5 Å². The fraction of sp³-hybridized carbons (Fsp3) is 0.591. The normalized spacial score (nSPS) is 16.2. The summed E-state index contributed by atoms with van der Waals surface area (Å²) in [7, 11) is 0. The molecule has 1 amide bonds. The zero-order chi connectivity index (χ0) is 19.9. The SMILES string of the molecule is CCCCn1c(S[C@H](C)C(=O)NCC2CCCCC2)nc2ccccc2c1=O. The van der Waals surface area contributed by atoms with Crippen molar-refractivity contribution in [2.75, 3.05) is 6.54 Å². The number of benzene rings is 1. The number of carbonyl (C=O) groups excluding carboxylic acids is 1. The predicted molar refractivity (Wildman–Crippen MR) is 116 cm³/mol. The van der Waals surface area contributed by atoms with Gasteiger partial charge in [0.25, 0.3) is 5.56 Å². The van der Waals surface area contributed by atoms with Crippen LogP contribution in [0.25, 0.3) is 10.9 Å². The molecule has 0 aliphatic heterocycles. The Bertz CT molecular complexity index is 858. The highest BCUT2D eigenvalue weighted by Crippen LogP contribution is 2.25. The summed E-state index contributed by atoms with van der Waals surface area (Å²) in [5.41, 5.74) is 0.675. The zero-order valence-corrected chi connectivity index (χ0v) is 17.8. The van der Waals surface area contributed by atoms with Crippen LogP contribution in [0.5, 0.6) is 0 Å². The molecule has 1 atom stereocenters. The number of aromatic nitrogens is 2. The van der Waals surface area contributed by atoms with Crippen molar-refractivity contribution in [2.45, 2.75) is 75.7 Å². The third-order valence-electron chi connectivity index (χ3n) is 5.50. The van der Waals surface area contributed by atoms with Gasteiger partial charge in [-0.05, 0) is 44.2 Å². The van der Waals surface area contributed by atoms with Crippen LogP contribution in [0.2, 0.25) is 0 Å². The van der Waals surface area contributed by atoms with E-state index in [4.69, 9.17) is 4.98 Å². The second kappa shape index (κ2) is 10.1. The van der Waals surface area contributed by atoms with Crippen molar-refractivity contribution in [2.24, 2.45) is 5.92 Å². The lowest BCUT2D eigenvalue weighted by molar-refractivity contribution is -0.120. The van der Waals surface area contributed by atoms with Crippen molar-refractivity contribution >= 4 is 28.6 Å². The van der Waals surface area contributed by atoms with Gasteiger partial charge in [0.1, 0.15) is 0 Å². The van der Waals surface area contributed by atoms with Crippen molar-refractivity contribution in [3.05, 3.63) is 34.6 Å². The Morgan fingerprint density at radius 2 is 2.04 bits per heavy atom. The first-order chi connectivity index (χ1) is 13.6. The second-order valence-electron chi connectivity index (χ2n) is 7.73. The predicted octanol–water partition coefficient (Wildman–Crippen LogP) is 4.37. The van der Waals surface area contributed by atoms with Gasteiger partial charge in [-0.15, -0.1) is 0 Å². The monoisotopic (exact) mass is 401 g/mol. The standard InChI is InChI=1S/C22H31N3O2S/c1-3-4-14-25-21(27)18-12-8-9-13-19(18)24-22(25)28-16(2)20(26)23-15-17-10-6-5-7-11-17/h8-9,12-13,16-17H,3-7,10-11,14-15H2,1-2H3,(H,23,26)/t16-/m1/s1. The van der Waals surface area contributed by atoms with Crippen molar-refractivity contribution in [3.63, 3.8) is 0 Å². The molecule has 1 saturated carbocycles. The molecule has 1 aliphatic rings. The van der Waals surface area contributed by atoms with E-state index in [1.807, 2.05) is 31.2 Å². The minimum absolute atomic E-state index is 0.0173. The topological polar surface area (TPSA) is 64.0 Å². The molecule has 0 unspecified atom stereocenters. The number of unbranched alkanes of at least 4 members (excludes halogenated alkanes) is 1. The van der Waals surface area contributed by atoms with Crippen LogP contribution >= 0.6 is 11.8 Å². The Kier molecular flexibility index (Phi) is 7.54. The van der Waals surface area contributed by atoms with E-state index < -0.39 is 0 Å². The van der Waals surface area contributed by atoms with Gasteiger partial charge in [-0.2, -0.15) is 0 Å². The zero-order valence-electron chi connectivity index (χ0n) is 16.9. The first-order valence-electron chi connectivity index (χ1n) is 10.5. The summed E-state index contributed by atoms with van der Waals surface area (Å²) < 4.78 is 1.74. The van der Waals surface area contributed by atoms with Crippen LogP contribution in [0.1, 0.15) is 58.8 Å². The van der Waals surface area contributed by atoms with Crippen LogP contribution in [-0.2, 0) is 11.3 Å². The molecule has 3 rings (SSSR count). The smallest absolute Gasteiger partial charge is 0.262 e. The quantitative estimate of drug-likeness (QED) is 0.527. The summed E-state index contributed by atoms with van der Waals surface area (Å²) in [4.78, 5) is 30.3. The van der Waals surface area contributed by atoms with E-state index in [2.05, 4.69) is 12.2 Å². The van der Waals surface area contributed by atoms with Gasteiger partial charge < -0.3 is 5.32 Å². The molecular weight excluding hydrogens is 370 g/mol. The average molecular weight is 402 g/mol. The highest BCUT2D eigenvalue weighted by atomic mass is 32.2. The van der Waals surface area contributed by atoms with Gasteiger partial charge in [-0.3, -0.25) is 14.2 Å². The van der Waals surface area contributed by atoms with Gasteiger partial charge in [-0.1, -0.05) is 56.5 Å². The van der Waals surface area contributed by atoms with Crippen molar-refractivity contribution < 1.29 is 4.79 Å². The Hall–Kier alpha value is -1.82. The second-order valence-corrected chi connectivity index (χ2v) is 9.04. The van der Waals surface area contributed by atoms with Crippen LogP contribution < -0.4 is 10.9 Å². The van der Waals surface area contributed by atoms with Gasteiger partial charge in [0, 0.05) is 13.1 Å². The summed E-state index contributed by atoms with van der Waals surface area (Å²) in [5, 5.41) is 4.10. The molecule has 1 aliphatic carbocycles. The molecule has 1 heterocycles. The highest BCUT2D eigenvalue weighted by Gasteiger charge is 2.21. The van der Waals surface area contributed by atoms with E-state index in [0.717, 1.165) is 19.4 Å². The van der Waals surface area contributed by atoms with Gasteiger partial charge in [0.2, 0.25) is 5.91 Å². The number of nitrogens with one attached hydrogen (secondary N) is 1. The average Bonchev–Trinajstić information content (AvgIpc) is 2.72. The lowest BCUT2D eigenvalue weighted by Crippen LogP contribution is -2.35. The molecule has 28 heavy (non-hydrogen) atoms. The third-order valence-corrected chi connectivity index (χ3v) is 6.59. The van der Waals surface area contributed by atoms with Gasteiger partial charge >= 0.3 is 0 Å². The lowest BCUT2D eigenvalue weighted by atomic mass is 9.89. The molecule has 6 heteroatoms. The summed E-state index contributed by atoms with van der Waals surface area (Å²) in [6.45, 7) is 5.39. The molecule has 152 valence electrons. The number of hydrogen-bond donors (Lipinski definition) is 1. The van der Waals surface area contributed by atoms with Crippen LogP contribution in [0.15, 0.2) is 34.2 Å². The summed E-state index contributed by atoms with van der Waals surface area (Å²) >= 11 is 1.38. The number of carbonyl (C=O) groups is 1. The van der Waals surface area contributed by atoms with Crippen LogP contribution in [0, 0.1) is 5.92 Å². The molecule has 1 aromatic carbocycles. The molecule has 2 aromatic rings. The van der Waals surface area contributed by atoms with E-state index in [1.165, 1.54) is 43.9 Å². The molecular formula is C22H31N3O2S. The molecule has 0 saturated heterocycles. The number of fused-ring (bicyclic) bond motifs is 1. The van der Waals surface area contributed by atoms with Crippen molar-refractivity contribution in [1.29, 1.82) is 0 Å². The number of hydrogen-bond acceptors (Lipinski definition) is 4. The number of rotatable bonds is 8. The molecule has 0 bridgehead atoms. The van der Waals surface area contributed by atoms with Crippen molar-refractivity contribution in [3.8, 4) is 0 Å². The molecule has 5 nitrogen and oxygen atoms in total. The Morgan fingerprint density at radius 1 is 1.29 bits per heavy atom. The summed E-state index contributed by atoms with van der Waals surface area (Å²) in [5.74, 6) is 0.636. The van der Waals surface area contributed by atoms with E-state index in [9.17, 15) is 9.59 Å². The van der Waals surface area contributed by atoms with Gasteiger partial charge in [0.15, 0.2) is 5.16 Å². The minimum Gasteiger partial charge on any atom is -0.355 e. The van der Waals surface area contributed by atoms with Crippen LogP contribution in [-0.4, -0.2) is 27.3 Å². The first-order valence-corrected chi connectivity index (χ1v) is 11.4. The van der Waals surface area contributed by atoms with Crippen molar-refractivity contribution in [1.82, 2.24) is 14.9 Å². The Balaban J connectivity index is 1.73. The van der Waals surface area contributed by atoms with E-state index in [1.54, 1.807) is 4.57 Å². The lowest BCUT2D eigenvalue weighted by Gasteiger charge is -2.22. The molecule has 0 radical (unpaired) electrons. The summed E-state index contributed by atoms with van der Waals surface area (Å²) in [6, 6.07) is 7.43. The largest absolute Gasteiger partial charge is 0.355 e. The third kappa shape index (κ3) is 5.16. The maximum Gasteiger partial charge on any atom is 0.262 e. The number of amides is 1.